The normalized spacial score (nSPS) is 22.0. The number of carbonyl (C=O) groups is 1. The third-order valence-electron chi connectivity index (χ3n) is 6.14. The van der Waals surface area contributed by atoms with Crippen LogP contribution < -0.4 is 0 Å². The summed E-state index contributed by atoms with van der Waals surface area (Å²) in [5.74, 6) is -0.524. The van der Waals surface area contributed by atoms with Gasteiger partial charge in [0.1, 0.15) is 5.82 Å². The molecule has 3 heterocycles. The van der Waals surface area contributed by atoms with E-state index in [1.165, 1.54) is 16.4 Å². The Kier molecular flexibility index (Phi) is 4.64. The number of carbonyl (C=O) groups excluding carboxylic acids is 1. The highest BCUT2D eigenvalue weighted by Gasteiger charge is 2.57. The third kappa shape index (κ3) is 3.14. The Morgan fingerprint density at radius 3 is 2.48 bits per heavy atom. The quantitative estimate of drug-likeness (QED) is 0.631. The molecular weight excluding hydrogens is 417 g/mol. The molecule has 8 heteroatoms. The highest BCUT2D eigenvalue weighted by molar-refractivity contribution is 7.89. The summed E-state index contributed by atoms with van der Waals surface area (Å²) in [7, 11) is -3.77. The van der Waals surface area contributed by atoms with E-state index in [2.05, 4.69) is 4.98 Å². The molecule has 2 aliphatic heterocycles. The van der Waals surface area contributed by atoms with Crippen LogP contribution in [0.5, 0.6) is 0 Å². The molecular formula is C23H20FN3O3S. The number of halogens is 1. The van der Waals surface area contributed by atoms with E-state index < -0.39 is 15.6 Å². The molecule has 0 saturated carbocycles. The molecule has 2 aromatic carbocycles. The van der Waals surface area contributed by atoms with Crippen LogP contribution in [0.2, 0.25) is 0 Å². The molecule has 1 spiro atoms. The standard InChI is InChI=1S/C23H20FN3O3S/c24-19-7-5-17(6-8-19)15-27-23(20-3-1-2-4-21(20)31(27,29)30)11-14-26(16-23)22(28)18-9-12-25-13-10-18/h1-10,12-13H,11,14-16H2/t23-/m1/s1. The molecule has 1 amide bonds. The lowest BCUT2D eigenvalue weighted by Crippen LogP contribution is -2.46. The molecule has 0 bridgehead atoms. The molecule has 0 radical (unpaired) electrons. The average Bonchev–Trinajstić information content (AvgIpc) is 3.31. The fourth-order valence-electron chi connectivity index (χ4n) is 4.62. The predicted octanol–water partition coefficient (Wildman–Crippen LogP) is 3.17. The second-order valence-corrected chi connectivity index (χ2v) is 9.71. The molecule has 1 atom stereocenters. The van der Waals surface area contributed by atoms with Crippen LogP contribution in [0.25, 0.3) is 0 Å². The van der Waals surface area contributed by atoms with Crippen molar-refractivity contribution in [1.29, 1.82) is 0 Å². The maximum atomic E-state index is 13.5. The highest BCUT2D eigenvalue weighted by atomic mass is 32.2. The van der Waals surface area contributed by atoms with E-state index >= 15 is 0 Å². The monoisotopic (exact) mass is 437 g/mol. The zero-order valence-electron chi connectivity index (χ0n) is 16.6. The van der Waals surface area contributed by atoms with Crippen molar-refractivity contribution in [2.45, 2.75) is 23.4 Å². The van der Waals surface area contributed by atoms with Crippen molar-refractivity contribution >= 4 is 15.9 Å². The Balaban J connectivity index is 1.56. The number of fused-ring (bicyclic) bond motifs is 2. The number of likely N-dealkylation sites (tertiary alicyclic amines) is 1. The minimum Gasteiger partial charge on any atom is -0.336 e. The van der Waals surface area contributed by atoms with Crippen molar-refractivity contribution in [3.8, 4) is 0 Å². The van der Waals surface area contributed by atoms with Crippen LogP contribution >= 0.6 is 0 Å². The van der Waals surface area contributed by atoms with Gasteiger partial charge < -0.3 is 4.90 Å². The van der Waals surface area contributed by atoms with Crippen LogP contribution in [0.1, 0.15) is 27.9 Å². The number of hydrogen-bond acceptors (Lipinski definition) is 4. The second-order valence-electron chi connectivity index (χ2n) is 7.88. The van der Waals surface area contributed by atoms with Gasteiger partial charge in [-0.1, -0.05) is 30.3 Å². The van der Waals surface area contributed by atoms with E-state index in [4.69, 9.17) is 0 Å². The summed E-state index contributed by atoms with van der Waals surface area (Å²) in [6.45, 7) is 0.797. The fourth-order valence-corrected chi connectivity index (χ4v) is 6.67. The van der Waals surface area contributed by atoms with Crippen LogP contribution in [0, 0.1) is 5.82 Å². The molecule has 1 fully saturated rings. The van der Waals surface area contributed by atoms with Gasteiger partial charge in [0, 0.05) is 37.6 Å². The number of hydrogen-bond donors (Lipinski definition) is 0. The summed E-state index contributed by atoms with van der Waals surface area (Å²) in [6.07, 6.45) is 3.62. The van der Waals surface area contributed by atoms with Crippen LogP contribution in [0.3, 0.4) is 0 Å². The molecule has 1 saturated heterocycles. The number of sulfonamides is 1. The second kappa shape index (κ2) is 7.25. The number of rotatable bonds is 3. The summed E-state index contributed by atoms with van der Waals surface area (Å²) in [4.78, 5) is 19.0. The maximum Gasteiger partial charge on any atom is 0.254 e. The lowest BCUT2D eigenvalue weighted by Gasteiger charge is -2.34. The third-order valence-corrected chi connectivity index (χ3v) is 8.11. The summed E-state index contributed by atoms with van der Waals surface area (Å²) >= 11 is 0. The van der Waals surface area contributed by atoms with Crippen molar-refractivity contribution in [2.75, 3.05) is 13.1 Å². The first kappa shape index (κ1) is 19.8. The lowest BCUT2D eigenvalue weighted by molar-refractivity contribution is 0.0762. The fraction of sp³-hybridized carbons (Fsp3) is 0.217. The molecule has 158 valence electrons. The summed E-state index contributed by atoms with van der Waals surface area (Å²) in [6, 6.07) is 16.1. The van der Waals surface area contributed by atoms with Gasteiger partial charge in [-0.3, -0.25) is 9.78 Å². The molecule has 31 heavy (non-hydrogen) atoms. The van der Waals surface area contributed by atoms with Gasteiger partial charge in [0.25, 0.3) is 5.91 Å². The van der Waals surface area contributed by atoms with Gasteiger partial charge in [-0.05, 0) is 47.9 Å². The van der Waals surface area contributed by atoms with Gasteiger partial charge in [0.05, 0.1) is 10.4 Å². The van der Waals surface area contributed by atoms with Crippen molar-refractivity contribution < 1.29 is 17.6 Å². The Morgan fingerprint density at radius 2 is 1.74 bits per heavy atom. The molecule has 3 aromatic rings. The van der Waals surface area contributed by atoms with Gasteiger partial charge in [0.15, 0.2) is 0 Å². The Bertz CT molecular complexity index is 1250. The summed E-state index contributed by atoms with van der Waals surface area (Å²) in [5.41, 5.74) is 1.07. The van der Waals surface area contributed by atoms with Crippen LogP contribution in [-0.4, -0.2) is 41.6 Å². The summed E-state index contributed by atoms with van der Waals surface area (Å²) in [5, 5.41) is 0. The molecule has 6 nitrogen and oxygen atoms in total. The molecule has 1 aromatic heterocycles. The molecule has 2 aliphatic rings. The molecule has 0 unspecified atom stereocenters. The molecule has 0 N–H and O–H groups in total. The SMILES string of the molecule is O=C(c1ccncc1)N1CC[C@@]2(C1)c1ccccc1S(=O)(=O)N2Cc1ccc(F)cc1. The average molecular weight is 437 g/mol. The number of aromatic nitrogens is 1. The van der Waals surface area contributed by atoms with E-state index in [0.717, 1.165) is 0 Å². The first-order valence-electron chi connectivity index (χ1n) is 9.98. The van der Waals surface area contributed by atoms with Crippen LogP contribution in [0.15, 0.2) is 78.0 Å². The van der Waals surface area contributed by atoms with Gasteiger partial charge >= 0.3 is 0 Å². The van der Waals surface area contributed by atoms with E-state index in [1.807, 2.05) is 12.1 Å². The number of pyridine rings is 1. The first-order chi connectivity index (χ1) is 14.9. The van der Waals surface area contributed by atoms with Crippen molar-refractivity contribution in [3.63, 3.8) is 0 Å². The van der Waals surface area contributed by atoms with E-state index in [1.54, 1.807) is 53.7 Å². The Morgan fingerprint density at radius 1 is 1.03 bits per heavy atom. The minimum absolute atomic E-state index is 0.106. The zero-order valence-corrected chi connectivity index (χ0v) is 17.4. The molecule has 5 rings (SSSR count). The maximum absolute atomic E-state index is 13.5. The van der Waals surface area contributed by atoms with Gasteiger partial charge in [-0.25, -0.2) is 12.8 Å². The Hall–Kier alpha value is -3.10. The smallest absolute Gasteiger partial charge is 0.254 e. The number of benzene rings is 2. The number of nitrogens with zero attached hydrogens (tertiary/aromatic N) is 3. The minimum atomic E-state index is -3.77. The van der Waals surface area contributed by atoms with Crippen LogP contribution in [0.4, 0.5) is 4.39 Å². The van der Waals surface area contributed by atoms with Gasteiger partial charge in [-0.2, -0.15) is 4.31 Å². The Labute approximate surface area is 180 Å². The van der Waals surface area contributed by atoms with E-state index in [0.29, 0.717) is 29.7 Å². The topological polar surface area (TPSA) is 70.6 Å². The first-order valence-corrected chi connectivity index (χ1v) is 11.4. The number of amides is 1. The van der Waals surface area contributed by atoms with Crippen LogP contribution in [-0.2, 0) is 22.1 Å². The predicted molar refractivity (Wildman–Crippen MR) is 112 cm³/mol. The highest BCUT2D eigenvalue weighted by Crippen LogP contribution is 2.50. The summed E-state index contributed by atoms with van der Waals surface area (Å²) < 4.78 is 41.9. The van der Waals surface area contributed by atoms with Crippen molar-refractivity contribution in [2.24, 2.45) is 0 Å². The van der Waals surface area contributed by atoms with Crippen molar-refractivity contribution in [1.82, 2.24) is 14.2 Å². The van der Waals surface area contributed by atoms with E-state index in [-0.39, 0.29) is 29.7 Å². The largest absolute Gasteiger partial charge is 0.336 e. The lowest BCUT2D eigenvalue weighted by atomic mass is 9.88. The van der Waals surface area contributed by atoms with Crippen molar-refractivity contribution in [3.05, 3.63) is 95.6 Å². The van der Waals surface area contributed by atoms with Gasteiger partial charge in [-0.15, -0.1) is 0 Å². The van der Waals surface area contributed by atoms with Gasteiger partial charge in [0.2, 0.25) is 10.0 Å². The molecule has 0 aliphatic carbocycles. The zero-order chi connectivity index (χ0) is 21.6. The van der Waals surface area contributed by atoms with E-state index in [9.17, 15) is 17.6 Å².